The zero-order valence-corrected chi connectivity index (χ0v) is 19.7. The highest BCUT2D eigenvalue weighted by atomic mass is 19.4. The molecule has 1 amide bonds. The van der Waals surface area contributed by atoms with Crippen molar-refractivity contribution >= 4 is 6.09 Å². The predicted molar refractivity (Wildman–Crippen MR) is 118 cm³/mol. The number of likely N-dealkylation sites (tertiary alicyclic amines) is 1. The minimum Gasteiger partial charge on any atom is -0.445 e. The summed E-state index contributed by atoms with van der Waals surface area (Å²) in [6.45, 7) is 3.52. The molecule has 36 heavy (non-hydrogen) atoms. The van der Waals surface area contributed by atoms with Gasteiger partial charge in [-0.2, -0.15) is 31.4 Å². The fourth-order valence-electron chi connectivity index (χ4n) is 4.59. The zero-order chi connectivity index (χ0) is 25.9. The first-order valence-electron chi connectivity index (χ1n) is 12.0. The summed E-state index contributed by atoms with van der Waals surface area (Å²) in [6.07, 6.45) is -5.67. The van der Waals surface area contributed by atoms with Crippen LogP contribution in [0.4, 0.5) is 31.1 Å². The molecule has 0 aliphatic carbocycles. The van der Waals surface area contributed by atoms with Gasteiger partial charge in [0.1, 0.15) is 6.61 Å². The first-order valence-corrected chi connectivity index (χ1v) is 12.0. The second-order valence-corrected chi connectivity index (χ2v) is 9.25. The molecule has 1 aromatic carbocycles. The minimum absolute atomic E-state index is 0.0458. The number of carbonyl (C=O) groups is 1. The topological polar surface area (TPSA) is 50.6 Å². The number of alkyl halides is 6. The van der Waals surface area contributed by atoms with Gasteiger partial charge in [0, 0.05) is 26.1 Å². The Labute approximate surface area is 204 Å². The molecule has 12 heteroatoms. The normalized spacial score (nSPS) is 17.6. The molecule has 1 fully saturated rings. The number of hydrogen-bond acceptors (Lipinski definition) is 4. The Hall–Kier alpha value is -2.76. The summed E-state index contributed by atoms with van der Waals surface area (Å²) < 4.78 is 85.5. The van der Waals surface area contributed by atoms with E-state index in [-0.39, 0.29) is 18.2 Å². The molecule has 1 aromatic heterocycles. The summed E-state index contributed by atoms with van der Waals surface area (Å²) in [6, 6.07) is 3.12. The van der Waals surface area contributed by atoms with E-state index in [4.69, 9.17) is 4.74 Å². The maximum absolute atomic E-state index is 13.1. The molecule has 0 saturated carbocycles. The van der Waals surface area contributed by atoms with Gasteiger partial charge in [-0.15, -0.1) is 0 Å². The van der Waals surface area contributed by atoms with Crippen LogP contribution in [0, 0.1) is 0 Å². The minimum atomic E-state index is -4.96. The first kappa shape index (κ1) is 26.3. The fraction of sp³-hybridized carbons (Fsp3) is 0.583. The number of piperidine rings is 1. The van der Waals surface area contributed by atoms with Crippen molar-refractivity contribution in [2.24, 2.45) is 0 Å². The quantitative estimate of drug-likeness (QED) is 0.492. The summed E-state index contributed by atoms with van der Waals surface area (Å²) in [5.41, 5.74) is -1.53. The average molecular weight is 519 g/mol. The average Bonchev–Trinajstić information content (AvgIpc) is 3.10. The number of aryl methyl sites for hydroxylation is 1. The zero-order valence-electron chi connectivity index (χ0n) is 19.7. The van der Waals surface area contributed by atoms with Crippen molar-refractivity contribution in [1.29, 1.82) is 0 Å². The van der Waals surface area contributed by atoms with E-state index in [2.05, 4.69) is 10.00 Å². The molecule has 6 nitrogen and oxygen atoms in total. The van der Waals surface area contributed by atoms with Gasteiger partial charge in [0.15, 0.2) is 0 Å². The van der Waals surface area contributed by atoms with Crippen LogP contribution in [-0.2, 0) is 43.2 Å². The lowest BCUT2D eigenvalue weighted by molar-refractivity contribution is -0.143. The molecule has 2 aliphatic heterocycles. The van der Waals surface area contributed by atoms with Crippen LogP contribution in [0.2, 0.25) is 0 Å². The van der Waals surface area contributed by atoms with Crippen molar-refractivity contribution in [3.05, 3.63) is 52.3 Å². The molecule has 0 N–H and O–H groups in total. The molecular weight excluding hydrogens is 490 g/mol. The molecule has 0 unspecified atom stereocenters. The highest BCUT2D eigenvalue weighted by Gasteiger charge is 2.37. The van der Waals surface area contributed by atoms with Gasteiger partial charge in [-0.05, 0) is 62.2 Å². The van der Waals surface area contributed by atoms with E-state index in [1.54, 1.807) is 0 Å². The molecule has 0 bridgehead atoms. The van der Waals surface area contributed by atoms with Crippen LogP contribution < -0.4 is 0 Å². The van der Waals surface area contributed by atoms with Gasteiger partial charge in [0.05, 0.1) is 29.1 Å². The van der Waals surface area contributed by atoms with Gasteiger partial charge < -0.3 is 14.5 Å². The molecule has 0 atom stereocenters. The number of rotatable bonds is 5. The van der Waals surface area contributed by atoms with Crippen molar-refractivity contribution < 1.29 is 35.9 Å². The third kappa shape index (κ3) is 6.71. The van der Waals surface area contributed by atoms with Crippen LogP contribution in [-0.4, -0.2) is 51.9 Å². The Balaban J connectivity index is 1.38. The van der Waals surface area contributed by atoms with Crippen molar-refractivity contribution in [1.82, 2.24) is 19.6 Å². The summed E-state index contributed by atoms with van der Waals surface area (Å²) in [7, 11) is 0. The lowest BCUT2D eigenvalue weighted by atomic mass is 10.1. The number of carbonyl (C=O) groups excluding carboxylic acids is 1. The van der Waals surface area contributed by atoms with Gasteiger partial charge in [0.25, 0.3) is 0 Å². The summed E-state index contributed by atoms with van der Waals surface area (Å²) in [5.74, 6) is 0. The van der Waals surface area contributed by atoms with Crippen molar-refractivity contribution in [3.63, 3.8) is 0 Å². The number of ether oxygens (including phenoxy) is 1. The molecule has 0 radical (unpaired) electrons. The third-order valence-corrected chi connectivity index (χ3v) is 6.47. The first-order chi connectivity index (χ1) is 17.0. The maximum Gasteiger partial charge on any atom is 0.416 e. The standard InChI is InChI=1S/C24H28F6N4O2/c25-23(26,27)18-11-17(12-19(13-18)24(28,29)30)16-36-22(35)33-8-4-9-34-21(15-33)14-20(31-34)5-10-32-6-2-1-3-7-32/h11-14H,1-10,15-16H2. The number of fused-ring (bicyclic) bond motifs is 1. The lowest BCUT2D eigenvalue weighted by Gasteiger charge is -2.25. The number of halogens is 6. The van der Waals surface area contributed by atoms with Crippen molar-refractivity contribution in [2.75, 3.05) is 26.2 Å². The Morgan fingerprint density at radius 1 is 0.861 bits per heavy atom. The molecule has 3 heterocycles. The van der Waals surface area contributed by atoms with E-state index in [1.165, 1.54) is 24.2 Å². The predicted octanol–water partition coefficient (Wildman–Crippen LogP) is 5.49. The second kappa shape index (κ2) is 10.7. The Morgan fingerprint density at radius 3 is 2.17 bits per heavy atom. The highest BCUT2D eigenvalue weighted by Crippen LogP contribution is 2.36. The van der Waals surface area contributed by atoms with Crippen molar-refractivity contribution in [3.8, 4) is 0 Å². The van der Waals surface area contributed by atoms with Crippen LogP contribution in [0.25, 0.3) is 0 Å². The molecule has 0 spiro atoms. The van der Waals surface area contributed by atoms with E-state index in [9.17, 15) is 31.1 Å². The highest BCUT2D eigenvalue weighted by molar-refractivity contribution is 5.67. The van der Waals surface area contributed by atoms with Gasteiger partial charge in [-0.25, -0.2) is 4.79 Å². The molecule has 4 rings (SSSR count). The molecule has 198 valence electrons. The fourth-order valence-corrected chi connectivity index (χ4v) is 4.59. The largest absolute Gasteiger partial charge is 0.445 e. The maximum atomic E-state index is 13.1. The summed E-state index contributed by atoms with van der Waals surface area (Å²) >= 11 is 0. The van der Waals surface area contributed by atoms with Crippen LogP contribution in [0.1, 0.15) is 53.8 Å². The van der Waals surface area contributed by atoms with E-state index >= 15 is 0 Å². The molecule has 2 aliphatic rings. The van der Waals surface area contributed by atoms with Gasteiger partial charge in [0.2, 0.25) is 0 Å². The Morgan fingerprint density at radius 2 is 1.53 bits per heavy atom. The van der Waals surface area contributed by atoms with Gasteiger partial charge in [-0.1, -0.05) is 6.42 Å². The Kier molecular flexibility index (Phi) is 7.82. The van der Waals surface area contributed by atoms with Gasteiger partial charge in [-0.3, -0.25) is 4.68 Å². The number of benzene rings is 1. The van der Waals surface area contributed by atoms with Crippen molar-refractivity contribution in [2.45, 2.75) is 64.2 Å². The van der Waals surface area contributed by atoms with E-state index < -0.39 is 36.2 Å². The smallest absolute Gasteiger partial charge is 0.416 e. The second-order valence-electron chi connectivity index (χ2n) is 9.25. The van der Waals surface area contributed by atoms with Crippen LogP contribution in [0.15, 0.2) is 24.3 Å². The molecule has 1 saturated heterocycles. The van der Waals surface area contributed by atoms with E-state index in [0.29, 0.717) is 31.6 Å². The summed E-state index contributed by atoms with van der Waals surface area (Å²) in [4.78, 5) is 16.5. The van der Waals surface area contributed by atoms with Crippen LogP contribution in [0.5, 0.6) is 0 Å². The van der Waals surface area contributed by atoms with E-state index in [0.717, 1.165) is 37.4 Å². The SMILES string of the molecule is O=C(OCc1cc(C(F)(F)F)cc(C(F)(F)F)c1)N1CCCn2nc(CCN3CCCCC3)cc2C1. The van der Waals surface area contributed by atoms with E-state index in [1.807, 2.05) is 10.7 Å². The van der Waals surface area contributed by atoms with Gasteiger partial charge >= 0.3 is 18.4 Å². The number of nitrogens with zero attached hydrogens (tertiary/aromatic N) is 4. The molecule has 2 aromatic rings. The lowest BCUT2D eigenvalue weighted by Crippen LogP contribution is -2.31. The van der Waals surface area contributed by atoms with Crippen LogP contribution >= 0.6 is 0 Å². The monoisotopic (exact) mass is 518 g/mol. The Bertz CT molecular complexity index is 1030. The number of hydrogen-bond donors (Lipinski definition) is 0. The number of amides is 1. The summed E-state index contributed by atoms with van der Waals surface area (Å²) in [5, 5.41) is 4.65. The number of aromatic nitrogens is 2. The van der Waals surface area contributed by atoms with Crippen LogP contribution in [0.3, 0.4) is 0 Å². The molecular formula is C24H28F6N4O2. The third-order valence-electron chi connectivity index (χ3n) is 6.47.